The van der Waals surface area contributed by atoms with Gasteiger partial charge in [-0.1, -0.05) is 17.3 Å². The first kappa shape index (κ1) is 16.0. The summed E-state index contributed by atoms with van der Waals surface area (Å²) < 4.78 is 6.90. The van der Waals surface area contributed by atoms with Crippen LogP contribution in [0.15, 0.2) is 42.7 Å². The SMILES string of the molecule is Cn1nncc1-c1ccc(-c2ccc3c(c2)C[C@H]2[C@H](CO)OC(=O)N32)cn1. The molecule has 2 aliphatic heterocycles. The van der Waals surface area contributed by atoms with E-state index < -0.39 is 6.10 Å². The molecule has 8 nitrogen and oxygen atoms in total. The number of hydrogen-bond donors (Lipinski definition) is 1. The van der Waals surface area contributed by atoms with Crippen LogP contribution in [-0.4, -0.2) is 49.9 Å². The predicted molar refractivity (Wildman–Crippen MR) is 97.0 cm³/mol. The van der Waals surface area contributed by atoms with Gasteiger partial charge in [-0.25, -0.2) is 9.48 Å². The van der Waals surface area contributed by atoms with Crippen molar-refractivity contribution < 1.29 is 14.6 Å². The molecule has 0 spiro atoms. The second-order valence-electron chi connectivity index (χ2n) is 6.76. The normalized spacial score (nSPS) is 20.5. The van der Waals surface area contributed by atoms with E-state index >= 15 is 0 Å². The smallest absolute Gasteiger partial charge is 0.415 e. The number of hydrogen-bond acceptors (Lipinski definition) is 6. The average molecular weight is 363 g/mol. The lowest BCUT2D eigenvalue weighted by molar-refractivity contribution is 0.0830. The van der Waals surface area contributed by atoms with Gasteiger partial charge >= 0.3 is 6.09 Å². The Morgan fingerprint density at radius 1 is 1.22 bits per heavy atom. The molecule has 5 rings (SSSR count). The quantitative estimate of drug-likeness (QED) is 0.762. The van der Waals surface area contributed by atoms with E-state index in [1.807, 2.05) is 37.5 Å². The van der Waals surface area contributed by atoms with Gasteiger partial charge in [0.1, 0.15) is 11.8 Å². The first-order valence-corrected chi connectivity index (χ1v) is 8.71. The van der Waals surface area contributed by atoms with E-state index in [0.29, 0.717) is 6.42 Å². The van der Waals surface area contributed by atoms with Crippen molar-refractivity contribution >= 4 is 11.8 Å². The standard InChI is InChI=1S/C19H17N5O3/c1-23-17(9-21-22-23)14-4-2-12(8-20-14)11-3-5-15-13(6-11)7-16-18(10-25)27-19(26)24(15)16/h2-6,8-9,16,18,25H,7,10H2,1H3/t16-,18-/m0/s1. The molecular weight excluding hydrogens is 346 g/mol. The number of anilines is 1. The van der Waals surface area contributed by atoms with Crippen LogP contribution in [0.2, 0.25) is 0 Å². The zero-order valence-corrected chi connectivity index (χ0v) is 14.6. The fourth-order valence-corrected chi connectivity index (χ4v) is 3.85. The third-order valence-electron chi connectivity index (χ3n) is 5.23. The van der Waals surface area contributed by atoms with Gasteiger partial charge in [-0.05, 0) is 35.7 Å². The van der Waals surface area contributed by atoms with Gasteiger partial charge in [-0.3, -0.25) is 9.88 Å². The van der Waals surface area contributed by atoms with Crippen LogP contribution < -0.4 is 4.90 Å². The molecule has 1 aromatic carbocycles. The molecule has 3 aromatic rings. The molecule has 2 atom stereocenters. The minimum Gasteiger partial charge on any atom is -0.441 e. The number of aryl methyl sites for hydroxylation is 1. The molecule has 0 saturated carbocycles. The molecule has 0 bridgehead atoms. The molecule has 27 heavy (non-hydrogen) atoms. The monoisotopic (exact) mass is 363 g/mol. The van der Waals surface area contributed by atoms with Gasteiger partial charge in [0.05, 0.1) is 30.2 Å². The average Bonchev–Trinajstić information content (AvgIpc) is 3.36. The number of pyridine rings is 1. The van der Waals surface area contributed by atoms with Crippen molar-refractivity contribution in [3.63, 3.8) is 0 Å². The Bertz CT molecular complexity index is 1030. The number of nitrogens with zero attached hydrogens (tertiary/aromatic N) is 5. The number of cyclic esters (lactones) is 1. The van der Waals surface area contributed by atoms with Gasteiger partial charge in [0.15, 0.2) is 0 Å². The number of aliphatic hydroxyl groups is 1. The van der Waals surface area contributed by atoms with Crippen LogP contribution in [0.5, 0.6) is 0 Å². The van der Waals surface area contributed by atoms with Crippen molar-refractivity contribution in [1.82, 2.24) is 20.0 Å². The molecule has 2 aliphatic rings. The second-order valence-corrected chi connectivity index (χ2v) is 6.76. The topological polar surface area (TPSA) is 93.4 Å². The number of amides is 1. The van der Waals surface area contributed by atoms with Crippen LogP contribution in [0, 0.1) is 0 Å². The van der Waals surface area contributed by atoms with Crippen molar-refractivity contribution in [3.05, 3.63) is 48.3 Å². The van der Waals surface area contributed by atoms with Crippen LogP contribution in [0.1, 0.15) is 5.56 Å². The van der Waals surface area contributed by atoms with E-state index in [2.05, 4.69) is 21.4 Å². The van der Waals surface area contributed by atoms with Gasteiger partial charge in [0.2, 0.25) is 0 Å². The van der Waals surface area contributed by atoms with Crippen LogP contribution in [0.3, 0.4) is 0 Å². The highest BCUT2D eigenvalue weighted by Gasteiger charge is 2.47. The Kier molecular flexibility index (Phi) is 3.48. The molecule has 8 heteroatoms. The fraction of sp³-hybridized carbons (Fsp3) is 0.263. The van der Waals surface area contributed by atoms with Crippen molar-refractivity contribution in [2.75, 3.05) is 11.5 Å². The zero-order chi connectivity index (χ0) is 18.5. The molecule has 0 unspecified atom stereocenters. The Hall–Kier alpha value is -3.26. The molecule has 1 amide bonds. The number of benzene rings is 1. The number of aromatic nitrogens is 4. The predicted octanol–water partition coefficient (Wildman–Crippen LogP) is 1.79. The highest BCUT2D eigenvalue weighted by atomic mass is 16.6. The van der Waals surface area contributed by atoms with E-state index in [1.54, 1.807) is 15.8 Å². The number of carbonyl (C=O) groups is 1. The lowest BCUT2D eigenvalue weighted by Crippen LogP contribution is -2.34. The van der Waals surface area contributed by atoms with E-state index in [0.717, 1.165) is 33.8 Å². The van der Waals surface area contributed by atoms with Crippen LogP contribution in [0.4, 0.5) is 10.5 Å². The van der Waals surface area contributed by atoms with Crippen molar-refractivity contribution in [2.45, 2.75) is 18.6 Å². The van der Waals surface area contributed by atoms with E-state index in [-0.39, 0.29) is 18.7 Å². The number of aliphatic hydroxyl groups excluding tert-OH is 1. The van der Waals surface area contributed by atoms with Crippen molar-refractivity contribution in [1.29, 1.82) is 0 Å². The number of carbonyl (C=O) groups excluding carboxylic acids is 1. The molecule has 1 fully saturated rings. The summed E-state index contributed by atoms with van der Waals surface area (Å²) >= 11 is 0. The second kappa shape index (κ2) is 5.88. The minimum atomic E-state index is -0.471. The van der Waals surface area contributed by atoms with Gasteiger partial charge in [0, 0.05) is 18.8 Å². The van der Waals surface area contributed by atoms with E-state index in [1.165, 1.54) is 0 Å². The first-order chi connectivity index (χ1) is 13.2. The third-order valence-corrected chi connectivity index (χ3v) is 5.23. The maximum absolute atomic E-state index is 12.1. The van der Waals surface area contributed by atoms with Gasteiger partial charge in [0.25, 0.3) is 0 Å². The van der Waals surface area contributed by atoms with Crippen LogP contribution >= 0.6 is 0 Å². The third kappa shape index (κ3) is 2.41. The van der Waals surface area contributed by atoms with Gasteiger partial charge < -0.3 is 9.84 Å². The molecule has 1 saturated heterocycles. The van der Waals surface area contributed by atoms with Crippen LogP contribution in [0.25, 0.3) is 22.5 Å². The zero-order valence-electron chi connectivity index (χ0n) is 14.6. The summed E-state index contributed by atoms with van der Waals surface area (Å²) in [7, 11) is 1.83. The number of ether oxygens (including phenoxy) is 1. The largest absolute Gasteiger partial charge is 0.441 e. The summed E-state index contributed by atoms with van der Waals surface area (Å²) in [6, 6.07) is 9.81. The maximum atomic E-state index is 12.1. The summed E-state index contributed by atoms with van der Waals surface area (Å²) in [5.41, 5.74) is 5.62. The highest BCUT2D eigenvalue weighted by molar-refractivity contribution is 5.94. The summed E-state index contributed by atoms with van der Waals surface area (Å²) in [6.45, 7) is -0.165. The molecule has 0 radical (unpaired) electrons. The molecule has 2 aromatic heterocycles. The highest BCUT2D eigenvalue weighted by Crippen LogP contribution is 2.40. The minimum absolute atomic E-state index is 0.134. The lowest BCUT2D eigenvalue weighted by Gasteiger charge is -2.14. The number of fused-ring (bicyclic) bond motifs is 3. The van der Waals surface area contributed by atoms with E-state index in [4.69, 9.17) is 4.74 Å². The Morgan fingerprint density at radius 3 is 2.78 bits per heavy atom. The molecule has 136 valence electrons. The lowest BCUT2D eigenvalue weighted by atomic mass is 10.0. The molecular formula is C19H17N5O3. The summed E-state index contributed by atoms with van der Waals surface area (Å²) in [6.07, 6.45) is 3.32. The molecule has 1 N–H and O–H groups in total. The Morgan fingerprint density at radius 2 is 2.07 bits per heavy atom. The van der Waals surface area contributed by atoms with E-state index in [9.17, 15) is 9.90 Å². The Labute approximate surface area is 155 Å². The first-order valence-electron chi connectivity index (χ1n) is 8.71. The van der Waals surface area contributed by atoms with Crippen LogP contribution in [-0.2, 0) is 18.2 Å². The Balaban J connectivity index is 1.46. The summed E-state index contributed by atoms with van der Waals surface area (Å²) in [5.74, 6) is 0. The molecule has 0 aliphatic carbocycles. The maximum Gasteiger partial charge on any atom is 0.415 e. The fourth-order valence-electron chi connectivity index (χ4n) is 3.85. The number of rotatable bonds is 3. The van der Waals surface area contributed by atoms with Crippen molar-refractivity contribution in [3.8, 4) is 22.5 Å². The van der Waals surface area contributed by atoms with Gasteiger partial charge in [-0.2, -0.15) is 0 Å². The van der Waals surface area contributed by atoms with Gasteiger partial charge in [-0.15, -0.1) is 5.10 Å². The van der Waals surface area contributed by atoms with Crippen molar-refractivity contribution in [2.24, 2.45) is 7.05 Å². The summed E-state index contributed by atoms with van der Waals surface area (Å²) in [5, 5.41) is 17.2. The summed E-state index contributed by atoms with van der Waals surface area (Å²) in [4.78, 5) is 18.3. The molecule has 4 heterocycles.